The Morgan fingerprint density at radius 3 is 2.72 bits per heavy atom. The van der Waals surface area contributed by atoms with Crippen LogP contribution in [0.4, 0.5) is 0 Å². The van der Waals surface area contributed by atoms with Crippen LogP contribution in [0, 0.1) is 12.8 Å². The molecular weight excluding hydrogens is 222 g/mol. The number of Topliss-reactive ketones (excluding diaryl/α,β-unsaturated/α-hetero) is 1. The maximum absolute atomic E-state index is 11.9. The van der Waals surface area contributed by atoms with Gasteiger partial charge in [-0.05, 0) is 30.9 Å². The molecule has 2 rings (SSSR count). The molecule has 2 nitrogen and oxygen atoms in total. The monoisotopic (exact) mass is 245 g/mol. The molecule has 0 amide bonds. The van der Waals surface area contributed by atoms with E-state index < -0.39 is 0 Å². The third kappa shape index (κ3) is 4.25. The molecule has 18 heavy (non-hydrogen) atoms. The van der Waals surface area contributed by atoms with E-state index in [1.165, 1.54) is 32.1 Å². The molecule has 0 saturated heterocycles. The van der Waals surface area contributed by atoms with Crippen LogP contribution >= 0.6 is 0 Å². The maximum atomic E-state index is 11.9. The highest BCUT2D eigenvalue weighted by molar-refractivity contribution is 5.80. The number of hydrogen-bond acceptors (Lipinski definition) is 2. The van der Waals surface area contributed by atoms with E-state index in [0.29, 0.717) is 12.2 Å². The fraction of sp³-hybridized carbons (Fsp3) is 0.625. The molecule has 0 radical (unpaired) electrons. The van der Waals surface area contributed by atoms with Gasteiger partial charge in [0, 0.05) is 24.7 Å². The van der Waals surface area contributed by atoms with Gasteiger partial charge in [-0.2, -0.15) is 0 Å². The van der Waals surface area contributed by atoms with Gasteiger partial charge < -0.3 is 0 Å². The van der Waals surface area contributed by atoms with Gasteiger partial charge in [0.2, 0.25) is 0 Å². The second-order valence-corrected chi connectivity index (χ2v) is 5.59. The third-order valence-corrected chi connectivity index (χ3v) is 3.91. The zero-order chi connectivity index (χ0) is 12.8. The average Bonchev–Trinajstić information content (AvgIpc) is 2.40. The van der Waals surface area contributed by atoms with Gasteiger partial charge in [-0.1, -0.05) is 38.2 Å². The van der Waals surface area contributed by atoms with E-state index >= 15 is 0 Å². The summed E-state index contributed by atoms with van der Waals surface area (Å²) in [4.78, 5) is 16.2. The lowest BCUT2D eigenvalue weighted by Crippen LogP contribution is -2.10. The Labute approximate surface area is 110 Å². The quantitative estimate of drug-likeness (QED) is 0.788. The molecule has 1 heterocycles. The van der Waals surface area contributed by atoms with Crippen LogP contribution in [-0.2, 0) is 11.2 Å². The van der Waals surface area contributed by atoms with Gasteiger partial charge in [0.1, 0.15) is 5.78 Å². The molecule has 1 fully saturated rings. The van der Waals surface area contributed by atoms with E-state index in [1.54, 1.807) is 0 Å². The van der Waals surface area contributed by atoms with E-state index in [2.05, 4.69) is 4.98 Å². The maximum Gasteiger partial charge on any atom is 0.138 e. The molecule has 0 bridgehead atoms. The van der Waals surface area contributed by atoms with Crippen LogP contribution in [-0.4, -0.2) is 10.8 Å². The van der Waals surface area contributed by atoms with Gasteiger partial charge in [0.05, 0.1) is 0 Å². The standard InChI is InChI=1S/C16H23NO/c1-13-7-9-15(17-12-13)11-16(18)10-8-14-5-3-2-4-6-14/h7,9,12,14H,2-6,8,10-11H2,1H3. The minimum Gasteiger partial charge on any atom is -0.299 e. The van der Waals surface area contributed by atoms with Crippen LogP contribution in [0.5, 0.6) is 0 Å². The molecule has 0 aliphatic heterocycles. The van der Waals surface area contributed by atoms with Gasteiger partial charge in [0.15, 0.2) is 0 Å². The highest BCUT2D eigenvalue weighted by atomic mass is 16.1. The summed E-state index contributed by atoms with van der Waals surface area (Å²) in [7, 11) is 0. The lowest BCUT2D eigenvalue weighted by molar-refractivity contribution is -0.118. The SMILES string of the molecule is Cc1ccc(CC(=O)CCC2CCCCC2)nc1. The van der Waals surface area contributed by atoms with Crippen molar-refractivity contribution in [1.29, 1.82) is 0 Å². The number of aryl methyl sites for hydroxylation is 1. The number of carbonyl (C=O) groups is 1. The van der Waals surface area contributed by atoms with E-state index in [-0.39, 0.29) is 0 Å². The third-order valence-electron chi connectivity index (χ3n) is 3.91. The first-order valence-electron chi connectivity index (χ1n) is 7.17. The Balaban J connectivity index is 1.73. The molecule has 1 aromatic heterocycles. The Kier molecular flexibility index (Phi) is 4.91. The van der Waals surface area contributed by atoms with Gasteiger partial charge in [-0.3, -0.25) is 9.78 Å². The average molecular weight is 245 g/mol. The Hall–Kier alpha value is -1.18. The summed E-state index contributed by atoms with van der Waals surface area (Å²) in [5.74, 6) is 1.14. The van der Waals surface area contributed by atoms with Gasteiger partial charge >= 0.3 is 0 Å². The summed E-state index contributed by atoms with van der Waals surface area (Å²) >= 11 is 0. The van der Waals surface area contributed by atoms with E-state index in [0.717, 1.165) is 30.0 Å². The molecule has 0 aromatic carbocycles. The van der Waals surface area contributed by atoms with Crippen molar-refractivity contribution in [3.8, 4) is 0 Å². The fourth-order valence-electron chi connectivity index (χ4n) is 2.73. The summed E-state index contributed by atoms with van der Waals surface area (Å²) in [6, 6.07) is 3.99. The smallest absolute Gasteiger partial charge is 0.138 e. The van der Waals surface area contributed by atoms with E-state index in [4.69, 9.17) is 0 Å². The Morgan fingerprint density at radius 1 is 1.28 bits per heavy atom. The van der Waals surface area contributed by atoms with Crippen LogP contribution in [0.3, 0.4) is 0 Å². The van der Waals surface area contributed by atoms with Crippen LogP contribution in [0.2, 0.25) is 0 Å². The summed E-state index contributed by atoms with van der Waals surface area (Å²) < 4.78 is 0. The molecule has 1 aliphatic carbocycles. The zero-order valence-corrected chi connectivity index (χ0v) is 11.3. The number of pyridine rings is 1. The molecule has 0 unspecified atom stereocenters. The summed E-state index contributed by atoms with van der Waals surface area (Å²) in [6.07, 6.45) is 10.9. The molecule has 1 aliphatic rings. The number of carbonyl (C=O) groups excluding carboxylic acids is 1. The molecule has 0 atom stereocenters. The number of hydrogen-bond donors (Lipinski definition) is 0. The molecule has 98 valence electrons. The lowest BCUT2D eigenvalue weighted by atomic mass is 9.85. The number of nitrogens with zero attached hydrogens (tertiary/aromatic N) is 1. The molecule has 0 spiro atoms. The fourth-order valence-corrected chi connectivity index (χ4v) is 2.73. The van der Waals surface area contributed by atoms with Crippen LogP contribution < -0.4 is 0 Å². The Morgan fingerprint density at radius 2 is 2.06 bits per heavy atom. The summed E-state index contributed by atoms with van der Waals surface area (Å²) in [6.45, 7) is 2.02. The topological polar surface area (TPSA) is 30.0 Å². The molecule has 1 saturated carbocycles. The first-order chi connectivity index (χ1) is 8.74. The normalized spacial score (nSPS) is 16.7. The molecule has 2 heteroatoms. The van der Waals surface area contributed by atoms with Crippen molar-refractivity contribution in [1.82, 2.24) is 4.98 Å². The van der Waals surface area contributed by atoms with Crippen molar-refractivity contribution in [3.63, 3.8) is 0 Å². The van der Waals surface area contributed by atoms with Crippen molar-refractivity contribution in [2.75, 3.05) is 0 Å². The predicted octanol–water partition coefficient (Wildman–Crippen LogP) is 3.86. The van der Waals surface area contributed by atoms with E-state index in [1.807, 2.05) is 25.3 Å². The lowest BCUT2D eigenvalue weighted by Gasteiger charge is -2.20. The molecule has 0 N–H and O–H groups in total. The second-order valence-electron chi connectivity index (χ2n) is 5.59. The van der Waals surface area contributed by atoms with Gasteiger partial charge in [0.25, 0.3) is 0 Å². The zero-order valence-electron chi connectivity index (χ0n) is 11.3. The number of rotatable bonds is 5. The highest BCUT2D eigenvalue weighted by Gasteiger charge is 2.15. The number of ketones is 1. The first-order valence-corrected chi connectivity index (χ1v) is 7.17. The van der Waals surface area contributed by atoms with Crippen LogP contribution in [0.25, 0.3) is 0 Å². The summed E-state index contributed by atoms with van der Waals surface area (Å²) in [5, 5.41) is 0. The van der Waals surface area contributed by atoms with Crippen molar-refractivity contribution in [3.05, 3.63) is 29.6 Å². The van der Waals surface area contributed by atoms with Gasteiger partial charge in [-0.25, -0.2) is 0 Å². The van der Waals surface area contributed by atoms with Crippen molar-refractivity contribution >= 4 is 5.78 Å². The van der Waals surface area contributed by atoms with Crippen molar-refractivity contribution in [2.24, 2.45) is 5.92 Å². The molecule has 1 aromatic rings. The largest absolute Gasteiger partial charge is 0.299 e. The Bertz CT molecular complexity index is 377. The second kappa shape index (κ2) is 6.67. The van der Waals surface area contributed by atoms with Gasteiger partial charge in [-0.15, -0.1) is 0 Å². The van der Waals surface area contributed by atoms with Crippen molar-refractivity contribution < 1.29 is 4.79 Å². The van der Waals surface area contributed by atoms with Crippen LogP contribution in [0.1, 0.15) is 56.2 Å². The van der Waals surface area contributed by atoms with E-state index in [9.17, 15) is 4.79 Å². The summed E-state index contributed by atoms with van der Waals surface area (Å²) in [5.41, 5.74) is 2.06. The minimum absolute atomic E-state index is 0.344. The predicted molar refractivity (Wildman–Crippen MR) is 73.5 cm³/mol. The first kappa shape index (κ1) is 13.3. The van der Waals surface area contributed by atoms with Crippen molar-refractivity contribution in [2.45, 2.75) is 58.3 Å². The highest BCUT2D eigenvalue weighted by Crippen LogP contribution is 2.27. The molecular formula is C16H23NO. The number of aromatic nitrogens is 1. The van der Waals surface area contributed by atoms with Crippen LogP contribution in [0.15, 0.2) is 18.3 Å². The minimum atomic E-state index is 0.344.